The lowest BCUT2D eigenvalue weighted by Crippen LogP contribution is -3.00. The molecule has 0 radical (unpaired) electrons. The van der Waals surface area contributed by atoms with Crippen LogP contribution in [0.5, 0.6) is 0 Å². The molecule has 6 rings (SSSR count). The van der Waals surface area contributed by atoms with E-state index >= 15 is 0 Å². The van der Waals surface area contributed by atoms with E-state index in [0.717, 1.165) is 36.9 Å². The smallest absolute Gasteiger partial charge is 0.232 e. The predicted octanol–water partition coefficient (Wildman–Crippen LogP) is 1.60. The van der Waals surface area contributed by atoms with Crippen molar-refractivity contribution in [2.45, 2.75) is 75.8 Å². The first-order valence-corrected chi connectivity index (χ1v) is 15.5. The lowest BCUT2D eigenvalue weighted by atomic mass is 9.67. The molecule has 2 aromatic carbocycles. The van der Waals surface area contributed by atoms with Gasteiger partial charge in [0.05, 0.1) is 18.5 Å². The summed E-state index contributed by atoms with van der Waals surface area (Å²) in [6.07, 6.45) is 8.50. The summed E-state index contributed by atoms with van der Waals surface area (Å²) >= 11 is 3.64. The molecule has 4 atom stereocenters. The molecule has 1 spiro atoms. The first-order chi connectivity index (χ1) is 18.5. The number of nitrogens with zero attached hydrogens (tertiary/aromatic N) is 2. The van der Waals surface area contributed by atoms with Crippen LogP contribution in [-0.2, 0) is 21.5 Å². The fraction of sp³-hybridized carbons (Fsp3) is 0.562. The van der Waals surface area contributed by atoms with Gasteiger partial charge in [-0.3, -0.25) is 9.59 Å². The Hall–Kier alpha value is -1.89. The van der Waals surface area contributed by atoms with Gasteiger partial charge in [0.15, 0.2) is 0 Å². The van der Waals surface area contributed by atoms with Crippen molar-refractivity contribution in [3.63, 3.8) is 0 Å². The summed E-state index contributed by atoms with van der Waals surface area (Å²) < 4.78 is 1.03. The Kier molecular flexibility index (Phi) is 8.75. The number of carbonyl (C=O) groups is 2. The van der Waals surface area contributed by atoms with E-state index in [1.165, 1.54) is 48.8 Å². The number of hydrogen-bond acceptors (Lipinski definition) is 2. The molecule has 3 fully saturated rings. The van der Waals surface area contributed by atoms with Gasteiger partial charge >= 0.3 is 0 Å². The maximum absolute atomic E-state index is 14.7. The monoisotopic (exact) mass is 613 g/mol. The van der Waals surface area contributed by atoms with E-state index in [1.54, 1.807) is 6.92 Å². The number of carbonyl (C=O) groups excluding carboxylic acids is 2. The zero-order valence-corrected chi connectivity index (χ0v) is 25.3. The highest BCUT2D eigenvalue weighted by molar-refractivity contribution is 9.10. The van der Waals surface area contributed by atoms with Gasteiger partial charge in [0.2, 0.25) is 11.8 Å². The number of benzene rings is 2. The third-order valence-corrected chi connectivity index (χ3v) is 10.6. The Bertz CT molecular complexity index is 1190. The number of amides is 2. The summed E-state index contributed by atoms with van der Waals surface area (Å²) in [6.45, 7) is 5.43. The Morgan fingerprint density at radius 2 is 1.79 bits per heavy atom. The minimum Gasteiger partial charge on any atom is -1.00 e. The molecule has 0 aromatic heterocycles. The number of halogens is 2. The van der Waals surface area contributed by atoms with Crippen LogP contribution in [0.2, 0.25) is 0 Å². The largest absolute Gasteiger partial charge is 1.00 e. The SMILES string of the molecule is CC(=O)N1Cc2cc(Br)ccc2[C@@]2(C[NH2+]C[C@H]2C(=O)N2CC[C@@H](c3ccccc3)C[C@H]2C2CCCCC2)C1.[Cl-]. The molecule has 0 unspecified atom stereocenters. The molecule has 1 saturated carbocycles. The summed E-state index contributed by atoms with van der Waals surface area (Å²) in [4.78, 5) is 31.7. The van der Waals surface area contributed by atoms with Crippen LogP contribution in [0.25, 0.3) is 0 Å². The molecule has 2 aromatic rings. The minimum absolute atomic E-state index is 0. The van der Waals surface area contributed by atoms with Crippen LogP contribution in [-0.4, -0.2) is 53.8 Å². The summed E-state index contributed by atoms with van der Waals surface area (Å²) in [5.41, 5.74) is 3.55. The molecule has 2 amide bonds. The number of piperidine rings is 1. The molecule has 2 saturated heterocycles. The molecule has 5 nitrogen and oxygen atoms in total. The molecule has 3 aliphatic heterocycles. The number of rotatable bonds is 3. The summed E-state index contributed by atoms with van der Waals surface area (Å²) in [6, 6.07) is 17.8. The molecule has 2 N–H and O–H groups in total. The number of nitrogens with two attached hydrogens (primary N) is 1. The van der Waals surface area contributed by atoms with Crippen LogP contribution in [0.15, 0.2) is 53.0 Å². The van der Waals surface area contributed by atoms with Crippen molar-refractivity contribution in [2.75, 3.05) is 26.2 Å². The highest BCUT2D eigenvalue weighted by atomic mass is 79.9. The molecular weight excluding hydrogens is 574 g/mol. The maximum Gasteiger partial charge on any atom is 0.232 e. The third kappa shape index (κ3) is 5.41. The fourth-order valence-corrected chi connectivity index (χ4v) is 8.65. The van der Waals surface area contributed by atoms with E-state index in [4.69, 9.17) is 0 Å². The highest BCUT2D eigenvalue weighted by Gasteiger charge is 2.57. The predicted molar refractivity (Wildman–Crippen MR) is 153 cm³/mol. The van der Waals surface area contributed by atoms with E-state index in [2.05, 4.69) is 74.7 Å². The average molecular weight is 615 g/mol. The molecule has 7 heteroatoms. The first-order valence-electron chi connectivity index (χ1n) is 14.7. The summed E-state index contributed by atoms with van der Waals surface area (Å²) in [5.74, 6) is 1.45. The van der Waals surface area contributed by atoms with Gasteiger partial charge in [-0.1, -0.05) is 71.6 Å². The molecule has 39 heavy (non-hydrogen) atoms. The van der Waals surface area contributed by atoms with Crippen molar-refractivity contribution >= 4 is 27.7 Å². The molecule has 1 aliphatic carbocycles. The molecule has 3 heterocycles. The minimum atomic E-state index is -0.329. The van der Waals surface area contributed by atoms with E-state index in [1.807, 2.05) is 4.90 Å². The lowest BCUT2D eigenvalue weighted by molar-refractivity contribution is -0.640. The Labute approximate surface area is 247 Å². The van der Waals surface area contributed by atoms with Crippen LogP contribution in [0.1, 0.15) is 74.5 Å². The van der Waals surface area contributed by atoms with Gasteiger partial charge in [-0.25, -0.2) is 0 Å². The van der Waals surface area contributed by atoms with Gasteiger partial charge in [-0.2, -0.15) is 0 Å². The van der Waals surface area contributed by atoms with Crippen LogP contribution in [0.4, 0.5) is 0 Å². The van der Waals surface area contributed by atoms with Crippen LogP contribution >= 0.6 is 15.9 Å². The first kappa shape index (κ1) is 28.6. The van der Waals surface area contributed by atoms with Gasteiger partial charge in [-0.05, 0) is 66.3 Å². The van der Waals surface area contributed by atoms with Gasteiger partial charge < -0.3 is 27.5 Å². The van der Waals surface area contributed by atoms with Crippen molar-refractivity contribution in [1.29, 1.82) is 0 Å². The van der Waals surface area contributed by atoms with Crippen molar-refractivity contribution in [3.05, 3.63) is 69.7 Å². The van der Waals surface area contributed by atoms with E-state index < -0.39 is 0 Å². The van der Waals surface area contributed by atoms with Crippen LogP contribution in [0.3, 0.4) is 0 Å². The average Bonchev–Trinajstić information content (AvgIpc) is 3.36. The number of hydrogen-bond donors (Lipinski definition) is 1. The van der Waals surface area contributed by atoms with Crippen LogP contribution < -0.4 is 17.7 Å². The summed E-state index contributed by atoms with van der Waals surface area (Å²) in [7, 11) is 0. The van der Waals surface area contributed by atoms with Gasteiger partial charge in [0.1, 0.15) is 5.92 Å². The van der Waals surface area contributed by atoms with Crippen molar-refractivity contribution in [1.82, 2.24) is 9.80 Å². The van der Waals surface area contributed by atoms with Crippen molar-refractivity contribution in [2.24, 2.45) is 11.8 Å². The van der Waals surface area contributed by atoms with Gasteiger partial charge in [0, 0.05) is 37.1 Å². The standard InChI is InChI=1S/C32H40BrN3O2.ClH/c1-22(37)35-19-26-16-27(33)12-13-28(26)32(21-35)20-34-18-29(32)31(38)36-15-14-25(23-8-4-2-5-9-23)17-30(36)24-10-6-3-7-11-24;/h2,4-5,8-9,12-13,16,24-25,29-30,34H,3,6-7,10-11,14-15,17-21H2,1H3;1H/t25-,29+,30+,32-;/m1./s1. The Morgan fingerprint density at radius 1 is 1.03 bits per heavy atom. The van der Waals surface area contributed by atoms with Gasteiger partial charge in [-0.15, -0.1) is 0 Å². The zero-order chi connectivity index (χ0) is 26.3. The summed E-state index contributed by atoms with van der Waals surface area (Å²) in [5, 5.41) is 2.32. The Morgan fingerprint density at radius 3 is 2.54 bits per heavy atom. The number of quaternary nitrogens is 1. The zero-order valence-electron chi connectivity index (χ0n) is 23.0. The fourth-order valence-electron chi connectivity index (χ4n) is 8.24. The van der Waals surface area contributed by atoms with E-state index in [0.29, 0.717) is 36.9 Å². The maximum atomic E-state index is 14.7. The van der Waals surface area contributed by atoms with Gasteiger partial charge in [0.25, 0.3) is 0 Å². The van der Waals surface area contributed by atoms with E-state index in [-0.39, 0.29) is 29.6 Å². The molecular formula is C32H41BrClN3O2. The topological polar surface area (TPSA) is 57.2 Å². The van der Waals surface area contributed by atoms with Crippen molar-refractivity contribution < 1.29 is 27.3 Å². The second-order valence-electron chi connectivity index (χ2n) is 12.2. The van der Waals surface area contributed by atoms with E-state index in [9.17, 15) is 9.59 Å². The lowest BCUT2D eigenvalue weighted by Gasteiger charge is -2.48. The molecule has 210 valence electrons. The molecule has 4 aliphatic rings. The van der Waals surface area contributed by atoms with Crippen LogP contribution in [0, 0.1) is 11.8 Å². The normalized spacial score (nSPS) is 29.1. The second kappa shape index (κ2) is 11.9. The number of likely N-dealkylation sites (tertiary alicyclic amines) is 1. The highest BCUT2D eigenvalue weighted by Crippen LogP contribution is 2.45. The molecule has 0 bridgehead atoms. The number of fused-ring (bicyclic) bond motifs is 2. The second-order valence-corrected chi connectivity index (χ2v) is 13.2. The Balaban J connectivity index is 0.00000308. The quantitative estimate of drug-likeness (QED) is 0.571. The van der Waals surface area contributed by atoms with Crippen molar-refractivity contribution in [3.8, 4) is 0 Å². The third-order valence-electron chi connectivity index (χ3n) is 10.2.